The van der Waals surface area contributed by atoms with Crippen molar-refractivity contribution < 1.29 is 29.5 Å². The molecule has 0 bridgehead atoms. The van der Waals surface area contributed by atoms with Gasteiger partial charge in [0.2, 0.25) is 0 Å². The fraction of sp³-hybridized carbons (Fsp3) is 0.393. The smallest absolute Gasteiger partial charge is 0.426 e. The maximum Gasteiger partial charge on any atom is 0.499 e. The summed E-state index contributed by atoms with van der Waals surface area (Å²) in [6, 6.07) is 11.1. The zero-order valence-corrected chi connectivity index (χ0v) is 22.9. The van der Waals surface area contributed by atoms with Gasteiger partial charge in [-0.25, -0.2) is 10.8 Å². The highest BCUT2D eigenvalue weighted by molar-refractivity contribution is 6.00. The molecular weight excluding hydrogens is 531 g/mol. The van der Waals surface area contributed by atoms with E-state index in [2.05, 4.69) is 64.9 Å². The normalized spacial score (nSPS) is 17.7. The summed E-state index contributed by atoms with van der Waals surface area (Å²) in [6.07, 6.45) is -3.94. The summed E-state index contributed by atoms with van der Waals surface area (Å²) in [6.45, 7) is 8.57. The topological polar surface area (TPSA) is 86.9 Å². The van der Waals surface area contributed by atoms with E-state index in [1.165, 1.54) is 23.3 Å². The number of rotatable bonds is 7. The number of hydrazine groups is 2. The lowest BCUT2D eigenvalue weighted by molar-refractivity contribution is -0.360. The van der Waals surface area contributed by atoms with Gasteiger partial charge in [0.05, 0.1) is 5.69 Å². The van der Waals surface area contributed by atoms with Crippen molar-refractivity contribution in [1.82, 2.24) is 10.9 Å². The lowest BCUT2D eigenvalue weighted by Gasteiger charge is -2.23. The molecular formula is C28H39F5N6O. The Bertz CT molecular complexity index is 1230. The second-order valence-corrected chi connectivity index (χ2v) is 9.65. The highest BCUT2D eigenvalue weighted by Gasteiger charge is 2.61. The van der Waals surface area contributed by atoms with Crippen molar-refractivity contribution in [2.24, 2.45) is 16.8 Å². The molecule has 4 rings (SSSR count). The van der Waals surface area contributed by atoms with E-state index < -0.39 is 18.0 Å². The maximum atomic E-state index is 12.9. The van der Waals surface area contributed by atoms with Gasteiger partial charge in [-0.1, -0.05) is 31.2 Å². The minimum Gasteiger partial charge on any atom is -0.426 e. The van der Waals surface area contributed by atoms with Crippen LogP contribution in [-0.2, 0) is 0 Å². The van der Waals surface area contributed by atoms with E-state index in [0.29, 0.717) is 18.3 Å². The summed E-state index contributed by atoms with van der Waals surface area (Å²) in [7, 11) is 0. The standard InChI is InChI=1S/C17H18F5N3O.C11H17N3.2H2/c1-11-2-4-12(5-3-11)15-23-10-25(24-15)13-6-8-14(9-7-13)26-17(21,22)16(18,19)20;1-4-10(14-12)13-11-8(2)6-5-7-9(11)3;;/h4,6-9,11H,2-3,5,10H2,1H3,(H,23,24);4-7,13-14H,12H2,1-3H3;2*1H/b;10-4+;;. The Kier molecular flexibility index (Phi) is 10.0. The molecule has 1 atom stereocenters. The van der Waals surface area contributed by atoms with E-state index in [0.717, 1.165) is 54.3 Å². The van der Waals surface area contributed by atoms with Gasteiger partial charge in [-0.15, -0.1) is 0 Å². The van der Waals surface area contributed by atoms with Crippen LogP contribution in [0.15, 0.2) is 71.0 Å². The summed E-state index contributed by atoms with van der Waals surface area (Å²) in [5, 5.41) is 4.92. The molecule has 1 unspecified atom stereocenters. The summed E-state index contributed by atoms with van der Waals surface area (Å²) < 4.78 is 66.1. The number of aliphatic imine (C=N–C) groups is 1. The van der Waals surface area contributed by atoms with Crippen LogP contribution in [0.5, 0.6) is 5.75 Å². The molecule has 0 aromatic heterocycles. The monoisotopic (exact) mass is 570 g/mol. The molecule has 1 aliphatic heterocycles. The number of ether oxygens (including phenoxy) is 1. The van der Waals surface area contributed by atoms with Gasteiger partial charge in [0.25, 0.3) is 0 Å². The number of nitrogens with two attached hydrogens (primary N) is 1. The summed E-state index contributed by atoms with van der Waals surface area (Å²) in [5.74, 6) is 7.01. The Balaban J connectivity index is 0.000000472. The first-order valence-electron chi connectivity index (χ1n) is 12.8. The molecule has 0 saturated heterocycles. The molecule has 12 heteroatoms. The molecule has 0 spiro atoms. The minimum atomic E-state index is -5.77. The molecule has 0 radical (unpaired) electrons. The number of hydrogen-bond donors (Lipinski definition) is 4. The largest absolute Gasteiger partial charge is 0.499 e. The molecule has 7 nitrogen and oxygen atoms in total. The molecule has 0 amide bonds. The molecule has 1 heterocycles. The quantitative estimate of drug-likeness (QED) is 0.160. The van der Waals surface area contributed by atoms with E-state index >= 15 is 0 Å². The predicted octanol–water partition coefficient (Wildman–Crippen LogP) is 7.18. The second-order valence-electron chi connectivity index (χ2n) is 9.65. The SMILES string of the molecule is C/C=C(/NN)Nc1c(C)cccc1C.CC1CC=C(C2=NCN(c3ccc(OC(F)(F)C(F)(F)F)cc3)N2)CC1.[HH].[HH]. The van der Waals surface area contributed by atoms with Crippen molar-refractivity contribution in [3.05, 3.63) is 77.1 Å². The molecule has 2 aromatic rings. The third-order valence-electron chi connectivity index (χ3n) is 6.50. The van der Waals surface area contributed by atoms with Crippen LogP contribution in [0.2, 0.25) is 0 Å². The highest BCUT2D eigenvalue weighted by atomic mass is 19.4. The Morgan fingerprint density at radius 2 is 1.77 bits per heavy atom. The van der Waals surface area contributed by atoms with E-state index in [-0.39, 0.29) is 2.85 Å². The average Bonchev–Trinajstić information content (AvgIpc) is 3.39. The zero-order chi connectivity index (χ0) is 29.5. The van der Waals surface area contributed by atoms with E-state index in [1.54, 1.807) is 5.01 Å². The number of hydrogen-bond acceptors (Lipinski definition) is 7. The van der Waals surface area contributed by atoms with E-state index in [1.807, 2.05) is 19.1 Å². The fourth-order valence-corrected chi connectivity index (χ4v) is 4.08. The number of anilines is 2. The Labute approximate surface area is 233 Å². The summed E-state index contributed by atoms with van der Waals surface area (Å²) in [4.78, 5) is 4.42. The van der Waals surface area contributed by atoms with Gasteiger partial charge in [0.1, 0.15) is 24.1 Å². The highest BCUT2D eigenvalue weighted by Crippen LogP contribution is 2.37. The average molecular weight is 571 g/mol. The van der Waals surface area contributed by atoms with Crippen molar-refractivity contribution >= 4 is 17.2 Å². The Morgan fingerprint density at radius 1 is 1.12 bits per heavy atom. The number of para-hydroxylation sites is 1. The number of nitrogens with one attached hydrogen (secondary N) is 3. The molecule has 2 aromatic carbocycles. The first kappa shape index (κ1) is 30.7. The van der Waals surface area contributed by atoms with Crippen LogP contribution in [0, 0.1) is 19.8 Å². The number of alkyl halides is 5. The molecule has 1 aliphatic carbocycles. The van der Waals surface area contributed by atoms with Crippen LogP contribution in [0.25, 0.3) is 0 Å². The number of benzene rings is 2. The number of nitrogens with zero attached hydrogens (tertiary/aromatic N) is 2. The van der Waals surface area contributed by atoms with Gasteiger partial charge in [-0.3, -0.25) is 10.4 Å². The predicted molar refractivity (Wildman–Crippen MR) is 152 cm³/mol. The zero-order valence-electron chi connectivity index (χ0n) is 22.9. The first-order chi connectivity index (χ1) is 18.8. The van der Waals surface area contributed by atoms with Gasteiger partial charge >= 0.3 is 12.3 Å². The summed E-state index contributed by atoms with van der Waals surface area (Å²) in [5.41, 5.74) is 11.0. The van der Waals surface area contributed by atoms with Crippen LogP contribution < -0.4 is 31.8 Å². The second kappa shape index (κ2) is 13.0. The number of amidine groups is 1. The summed E-state index contributed by atoms with van der Waals surface area (Å²) >= 11 is 0. The van der Waals surface area contributed by atoms with Crippen LogP contribution in [0.4, 0.5) is 33.3 Å². The van der Waals surface area contributed by atoms with Crippen molar-refractivity contribution in [2.45, 2.75) is 59.2 Å². The molecule has 0 saturated carbocycles. The van der Waals surface area contributed by atoms with Crippen molar-refractivity contribution in [3.8, 4) is 5.75 Å². The lowest BCUT2D eigenvalue weighted by Crippen LogP contribution is -2.41. The van der Waals surface area contributed by atoms with Crippen molar-refractivity contribution in [2.75, 3.05) is 17.0 Å². The Hall–Kier alpha value is -3.80. The van der Waals surface area contributed by atoms with Gasteiger partial charge in [-0.2, -0.15) is 22.0 Å². The van der Waals surface area contributed by atoms with Crippen molar-refractivity contribution in [1.29, 1.82) is 0 Å². The van der Waals surface area contributed by atoms with Crippen LogP contribution in [0.1, 0.15) is 47.1 Å². The third-order valence-corrected chi connectivity index (χ3v) is 6.50. The molecule has 0 fully saturated rings. The molecule has 222 valence electrons. The van der Waals surface area contributed by atoms with Crippen LogP contribution in [-0.4, -0.2) is 24.8 Å². The maximum absolute atomic E-state index is 12.9. The van der Waals surface area contributed by atoms with Crippen LogP contribution >= 0.6 is 0 Å². The molecule has 40 heavy (non-hydrogen) atoms. The molecule has 2 aliphatic rings. The van der Waals surface area contributed by atoms with Gasteiger partial charge in [-0.05, 0) is 93.0 Å². The molecule has 5 N–H and O–H groups in total. The lowest BCUT2D eigenvalue weighted by atomic mass is 9.91. The minimum absolute atomic E-state index is 0. The van der Waals surface area contributed by atoms with E-state index in [4.69, 9.17) is 5.84 Å². The first-order valence-corrected chi connectivity index (χ1v) is 12.8. The van der Waals surface area contributed by atoms with Gasteiger partial charge in [0, 0.05) is 8.54 Å². The number of aryl methyl sites for hydroxylation is 2. The number of allylic oxidation sites excluding steroid dienone is 2. The van der Waals surface area contributed by atoms with Gasteiger partial charge in [0.15, 0.2) is 0 Å². The van der Waals surface area contributed by atoms with E-state index in [9.17, 15) is 22.0 Å². The Morgan fingerprint density at radius 3 is 2.30 bits per heavy atom. The third kappa shape index (κ3) is 7.87. The number of halogens is 5. The van der Waals surface area contributed by atoms with Crippen LogP contribution in [0.3, 0.4) is 0 Å². The fourth-order valence-electron chi connectivity index (χ4n) is 4.08. The van der Waals surface area contributed by atoms with Crippen molar-refractivity contribution in [3.63, 3.8) is 0 Å². The van der Waals surface area contributed by atoms with Gasteiger partial charge < -0.3 is 15.5 Å².